The predicted octanol–water partition coefficient (Wildman–Crippen LogP) is 4.16. The van der Waals surface area contributed by atoms with Gasteiger partial charge in [0.1, 0.15) is 5.75 Å². The molecule has 1 aromatic heterocycles. The molecule has 1 amide bonds. The molecule has 8 nitrogen and oxygen atoms in total. The molecule has 0 radical (unpaired) electrons. The van der Waals surface area contributed by atoms with Crippen LogP contribution < -0.4 is 20.3 Å². The number of methoxy groups -OCH3 is 1. The average molecular weight is 469 g/mol. The second-order valence-corrected chi connectivity index (χ2v) is 8.24. The number of hydrogen-bond donors (Lipinski definition) is 2. The van der Waals surface area contributed by atoms with E-state index in [0.29, 0.717) is 28.6 Å². The first-order chi connectivity index (χ1) is 15.7. The number of hydrogen-bond acceptors (Lipinski definition) is 5. The van der Waals surface area contributed by atoms with Crippen LogP contribution in [0, 0.1) is 13.8 Å². The van der Waals surface area contributed by atoms with E-state index in [2.05, 4.69) is 20.7 Å². The number of ether oxygens (including phenoxy) is 1. The van der Waals surface area contributed by atoms with Gasteiger partial charge in [-0.3, -0.25) is 14.8 Å². The van der Waals surface area contributed by atoms with E-state index in [0.717, 1.165) is 22.6 Å². The lowest BCUT2D eigenvalue weighted by Crippen LogP contribution is -2.36. The van der Waals surface area contributed by atoms with Gasteiger partial charge in [0.25, 0.3) is 5.91 Å². The summed E-state index contributed by atoms with van der Waals surface area (Å²) in [6.45, 7) is 4.27. The van der Waals surface area contributed by atoms with E-state index < -0.39 is 0 Å². The van der Waals surface area contributed by atoms with Crippen LogP contribution in [0.4, 0.5) is 11.4 Å². The summed E-state index contributed by atoms with van der Waals surface area (Å²) < 4.78 is 7.25. The maximum absolute atomic E-state index is 13.1. The first kappa shape index (κ1) is 24.1. The molecule has 0 saturated carbocycles. The Bertz CT molecular complexity index is 1190. The van der Waals surface area contributed by atoms with Crippen molar-refractivity contribution in [2.24, 2.45) is 12.0 Å². The van der Waals surface area contributed by atoms with Crippen LogP contribution in [0.5, 0.6) is 5.75 Å². The number of nitrogens with one attached hydrogen (secondary N) is 2. The van der Waals surface area contributed by atoms with Crippen LogP contribution in [0.15, 0.2) is 47.5 Å². The fourth-order valence-electron chi connectivity index (χ4n) is 3.33. The van der Waals surface area contributed by atoms with Crippen LogP contribution in [0.3, 0.4) is 0 Å². The molecular weight excluding hydrogens is 440 g/mol. The molecule has 2 aromatic carbocycles. The second kappa shape index (κ2) is 10.4. The van der Waals surface area contributed by atoms with Gasteiger partial charge in [0.15, 0.2) is 0 Å². The third-order valence-electron chi connectivity index (χ3n) is 5.33. The summed E-state index contributed by atoms with van der Waals surface area (Å²) in [6.07, 6.45) is 0. The third kappa shape index (κ3) is 5.84. The summed E-state index contributed by atoms with van der Waals surface area (Å²) in [4.78, 5) is 19.7. The van der Waals surface area contributed by atoms with E-state index in [9.17, 15) is 4.79 Å². The topological polar surface area (TPSA) is 83.8 Å². The van der Waals surface area contributed by atoms with Gasteiger partial charge in [0, 0.05) is 48.7 Å². The lowest BCUT2D eigenvalue weighted by Gasteiger charge is -2.16. The average Bonchev–Trinajstić information content (AvgIpc) is 3.03. The number of aromatic nitrogens is 2. The highest BCUT2D eigenvalue weighted by Gasteiger charge is 2.14. The van der Waals surface area contributed by atoms with Crippen molar-refractivity contribution in [3.05, 3.63) is 70.0 Å². The Balaban J connectivity index is 1.93. The monoisotopic (exact) mass is 468 g/mol. The first-order valence-corrected chi connectivity index (χ1v) is 10.8. The molecule has 0 aliphatic rings. The number of nitrogens with zero attached hydrogens (tertiary/aromatic N) is 4. The Hall–Kier alpha value is -3.52. The van der Waals surface area contributed by atoms with E-state index in [1.54, 1.807) is 31.4 Å². The summed E-state index contributed by atoms with van der Waals surface area (Å²) in [5.41, 5.74) is 4.93. The van der Waals surface area contributed by atoms with Gasteiger partial charge in [-0.15, -0.1) is 0 Å². The SMILES string of the molecule is COc1ccc(Cl)cc1NC(=NCc1c(C)nn(C)c1C)NC(=O)c1cccc(N(C)C)c1. The fraction of sp³-hybridized carbons (Fsp3) is 0.292. The molecule has 0 atom stereocenters. The molecule has 2 N–H and O–H groups in total. The number of anilines is 2. The number of carbonyl (C=O) groups excluding carboxylic acids is 1. The number of benzene rings is 2. The van der Waals surface area contributed by atoms with E-state index in [-0.39, 0.29) is 11.9 Å². The summed E-state index contributed by atoms with van der Waals surface area (Å²) in [5.74, 6) is 0.564. The molecule has 9 heteroatoms. The number of amides is 1. The number of guanidine groups is 1. The van der Waals surface area contributed by atoms with Gasteiger partial charge >= 0.3 is 0 Å². The van der Waals surface area contributed by atoms with Crippen LogP contribution in [-0.4, -0.2) is 42.9 Å². The van der Waals surface area contributed by atoms with E-state index in [1.165, 1.54) is 0 Å². The lowest BCUT2D eigenvalue weighted by molar-refractivity contribution is 0.0977. The summed E-state index contributed by atoms with van der Waals surface area (Å²) in [5, 5.41) is 11.0. The molecular formula is C24H29ClN6O2. The molecule has 0 fully saturated rings. The highest BCUT2D eigenvalue weighted by Crippen LogP contribution is 2.27. The van der Waals surface area contributed by atoms with Crippen molar-refractivity contribution in [2.75, 3.05) is 31.4 Å². The molecule has 0 aliphatic carbocycles. The number of aliphatic imine (C=N–C) groups is 1. The van der Waals surface area contributed by atoms with Gasteiger partial charge in [-0.1, -0.05) is 17.7 Å². The van der Waals surface area contributed by atoms with Gasteiger partial charge < -0.3 is 15.0 Å². The van der Waals surface area contributed by atoms with Gasteiger partial charge in [-0.05, 0) is 50.2 Å². The van der Waals surface area contributed by atoms with Crippen molar-refractivity contribution in [3.8, 4) is 5.75 Å². The third-order valence-corrected chi connectivity index (χ3v) is 5.56. The molecule has 3 rings (SSSR count). The number of carbonyl (C=O) groups is 1. The fourth-order valence-corrected chi connectivity index (χ4v) is 3.50. The van der Waals surface area contributed by atoms with Crippen LogP contribution >= 0.6 is 11.6 Å². The maximum Gasteiger partial charge on any atom is 0.258 e. The predicted molar refractivity (Wildman–Crippen MR) is 134 cm³/mol. The molecule has 0 aliphatic heterocycles. The van der Waals surface area contributed by atoms with Crippen molar-refractivity contribution >= 4 is 34.8 Å². The largest absolute Gasteiger partial charge is 0.495 e. The zero-order valence-electron chi connectivity index (χ0n) is 19.7. The minimum atomic E-state index is -0.287. The summed E-state index contributed by atoms with van der Waals surface area (Å²) in [6, 6.07) is 12.6. The van der Waals surface area contributed by atoms with Gasteiger partial charge in [-0.25, -0.2) is 4.99 Å². The molecule has 3 aromatic rings. The van der Waals surface area contributed by atoms with Crippen molar-refractivity contribution in [1.29, 1.82) is 0 Å². The summed E-state index contributed by atoms with van der Waals surface area (Å²) in [7, 11) is 7.31. The first-order valence-electron chi connectivity index (χ1n) is 10.4. The maximum atomic E-state index is 13.1. The quantitative estimate of drug-likeness (QED) is 0.419. The van der Waals surface area contributed by atoms with Crippen LogP contribution in [0.25, 0.3) is 0 Å². The number of aryl methyl sites for hydroxylation is 2. The number of rotatable bonds is 6. The summed E-state index contributed by atoms with van der Waals surface area (Å²) >= 11 is 6.18. The normalized spacial score (nSPS) is 11.3. The standard InChI is InChI=1S/C24H29ClN6O2/c1-15-20(16(2)31(5)29-15)14-26-24(27-21-13-18(25)10-11-22(21)33-6)28-23(32)17-8-7-9-19(12-17)30(3)4/h7-13H,14H2,1-6H3,(H2,26,27,28,32). The lowest BCUT2D eigenvalue weighted by atomic mass is 10.2. The van der Waals surface area contributed by atoms with Crippen molar-refractivity contribution in [2.45, 2.75) is 20.4 Å². The zero-order valence-corrected chi connectivity index (χ0v) is 20.5. The van der Waals surface area contributed by atoms with Crippen molar-refractivity contribution in [3.63, 3.8) is 0 Å². The minimum Gasteiger partial charge on any atom is -0.495 e. The Morgan fingerprint density at radius 3 is 2.61 bits per heavy atom. The van der Waals surface area contributed by atoms with E-state index >= 15 is 0 Å². The minimum absolute atomic E-state index is 0.276. The van der Waals surface area contributed by atoms with Crippen LogP contribution in [-0.2, 0) is 13.6 Å². The van der Waals surface area contributed by atoms with Crippen molar-refractivity contribution in [1.82, 2.24) is 15.1 Å². The van der Waals surface area contributed by atoms with E-state index in [4.69, 9.17) is 16.3 Å². The Labute approximate surface area is 199 Å². The molecule has 0 saturated heterocycles. The molecule has 0 bridgehead atoms. The Kier molecular flexibility index (Phi) is 7.60. The second-order valence-electron chi connectivity index (χ2n) is 7.81. The molecule has 1 heterocycles. The Morgan fingerprint density at radius 1 is 1.21 bits per heavy atom. The van der Waals surface area contributed by atoms with Gasteiger partial charge in [0.2, 0.25) is 5.96 Å². The van der Waals surface area contributed by atoms with Gasteiger partial charge in [0.05, 0.1) is 25.0 Å². The van der Waals surface area contributed by atoms with Crippen LogP contribution in [0.1, 0.15) is 27.3 Å². The van der Waals surface area contributed by atoms with Gasteiger partial charge in [-0.2, -0.15) is 5.10 Å². The smallest absolute Gasteiger partial charge is 0.258 e. The molecule has 33 heavy (non-hydrogen) atoms. The molecule has 174 valence electrons. The van der Waals surface area contributed by atoms with Crippen LogP contribution in [0.2, 0.25) is 5.02 Å². The molecule has 0 spiro atoms. The zero-order chi connectivity index (χ0) is 24.1. The van der Waals surface area contributed by atoms with Crippen molar-refractivity contribution < 1.29 is 9.53 Å². The highest BCUT2D eigenvalue weighted by atomic mass is 35.5. The Morgan fingerprint density at radius 2 is 1.97 bits per heavy atom. The highest BCUT2D eigenvalue weighted by molar-refractivity contribution is 6.31. The number of halogens is 1. The molecule has 0 unspecified atom stereocenters. The van der Waals surface area contributed by atoms with E-state index in [1.807, 2.05) is 62.8 Å².